The lowest BCUT2D eigenvalue weighted by atomic mass is 9.83. The Morgan fingerprint density at radius 2 is 1.67 bits per heavy atom. The van der Waals surface area contributed by atoms with Crippen LogP contribution in [0.15, 0.2) is 83.4 Å². The number of urea groups is 1. The molecule has 1 aromatic heterocycles. The summed E-state index contributed by atoms with van der Waals surface area (Å²) in [5, 5.41) is 6.96. The summed E-state index contributed by atoms with van der Waals surface area (Å²) in [7, 11) is 3.09. The molecule has 9 nitrogen and oxygen atoms in total. The van der Waals surface area contributed by atoms with Gasteiger partial charge >= 0.3 is 6.03 Å². The molecule has 2 heterocycles. The van der Waals surface area contributed by atoms with Gasteiger partial charge in [-0.2, -0.15) is 4.98 Å². The molecule has 1 unspecified atom stereocenters. The highest BCUT2D eigenvalue weighted by Gasteiger charge is 2.52. The Morgan fingerprint density at radius 3 is 2.36 bits per heavy atom. The third-order valence-corrected chi connectivity index (χ3v) is 6.17. The van der Waals surface area contributed by atoms with Gasteiger partial charge in [-0.3, -0.25) is 9.69 Å². The number of carbonyl (C=O) groups excluding carboxylic acids is 2. The van der Waals surface area contributed by atoms with E-state index in [1.165, 1.54) is 7.11 Å². The zero-order chi connectivity index (χ0) is 25.1. The fourth-order valence-electron chi connectivity index (χ4n) is 4.36. The molecular formula is C27H24N4O5. The summed E-state index contributed by atoms with van der Waals surface area (Å²) >= 11 is 0. The second-order valence-corrected chi connectivity index (χ2v) is 8.33. The maximum Gasteiger partial charge on any atom is 0.325 e. The number of aromatic nitrogens is 2. The number of ether oxygens (including phenoxy) is 2. The molecule has 1 aliphatic rings. The van der Waals surface area contributed by atoms with Gasteiger partial charge in [0.1, 0.15) is 18.0 Å². The predicted molar refractivity (Wildman–Crippen MR) is 130 cm³/mol. The minimum absolute atomic E-state index is 0.120. The van der Waals surface area contributed by atoms with Crippen LogP contribution in [0, 0.1) is 0 Å². The lowest BCUT2D eigenvalue weighted by Crippen LogP contribution is -2.46. The number of amides is 3. The third-order valence-electron chi connectivity index (χ3n) is 6.17. The van der Waals surface area contributed by atoms with Crippen LogP contribution in [0.2, 0.25) is 0 Å². The van der Waals surface area contributed by atoms with Crippen molar-refractivity contribution in [2.75, 3.05) is 14.2 Å². The first kappa shape index (κ1) is 23.1. The summed E-state index contributed by atoms with van der Waals surface area (Å²) < 4.78 is 16.1. The van der Waals surface area contributed by atoms with Crippen molar-refractivity contribution in [2.45, 2.75) is 18.5 Å². The zero-order valence-electron chi connectivity index (χ0n) is 19.8. The summed E-state index contributed by atoms with van der Waals surface area (Å²) in [6, 6.07) is 23.5. The fourth-order valence-corrected chi connectivity index (χ4v) is 4.36. The van der Waals surface area contributed by atoms with Gasteiger partial charge in [-0.25, -0.2) is 4.79 Å². The number of methoxy groups -OCH3 is 2. The standard InChI is InChI=1S/C27H24N4O5/c1-34-20-13-14-21(22(15-20)35-2)24-28-23(36-30-24)17-31-25(32)27(29-26(31)33,19-11-7-4-8-12-19)16-18-9-5-3-6-10-18/h3-15H,16-17H2,1-2H3,(H,29,33). The Kier molecular flexibility index (Phi) is 6.12. The van der Waals surface area contributed by atoms with E-state index in [1.807, 2.05) is 60.7 Å². The number of imide groups is 1. The molecule has 0 bridgehead atoms. The van der Waals surface area contributed by atoms with E-state index in [9.17, 15) is 9.59 Å². The van der Waals surface area contributed by atoms with Crippen LogP contribution in [-0.4, -0.2) is 41.2 Å². The van der Waals surface area contributed by atoms with Crippen molar-refractivity contribution >= 4 is 11.9 Å². The van der Waals surface area contributed by atoms with Crippen molar-refractivity contribution in [3.8, 4) is 22.9 Å². The zero-order valence-corrected chi connectivity index (χ0v) is 19.8. The van der Waals surface area contributed by atoms with Crippen LogP contribution >= 0.6 is 0 Å². The van der Waals surface area contributed by atoms with Gasteiger partial charge in [0, 0.05) is 12.5 Å². The van der Waals surface area contributed by atoms with Gasteiger partial charge in [0.25, 0.3) is 5.91 Å². The second-order valence-electron chi connectivity index (χ2n) is 8.33. The Hall–Kier alpha value is -4.66. The van der Waals surface area contributed by atoms with Gasteiger partial charge < -0.3 is 19.3 Å². The van der Waals surface area contributed by atoms with Gasteiger partial charge in [0.05, 0.1) is 19.8 Å². The third kappa shape index (κ3) is 4.15. The van der Waals surface area contributed by atoms with Crippen molar-refractivity contribution in [1.29, 1.82) is 0 Å². The molecule has 3 aromatic carbocycles. The molecule has 36 heavy (non-hydrogen) atoms. The molecule has 182 valence electrons. The number of nitrogens with one attached hydrogen (secondary N) is 1. The van der Waals surface area contributed by atoms with E-state index in [-0.39, 0.29) is 24.2 Å². The summed E-state index contributed by atoms with van der Waals surface area (Å²) in [5.74, 6) is 1.13. The smallest absolute Gasteiger partial charge is 0.325 e. The maximum atomic E-state index is 13.8. The molecule has 5 rings (SSSR count). The molecule has 1 aliphatic heterocycles. The van der Waals surface area contributed by atoms with E-state index in [2.05, 4.69) is 15.5 Å². The Morgan fingerprint density at radius 1 is 0.944 bits per heavy atom. The van der Waals surface area contributed by atoms with Crippen molar-refractivity contribution < 1.29 is 23.6 Å². The first-order chi connectivity index (χ1) is 17.5. The molecule has 0 aliphatic carbocycles. The molecule has 4 aromatic rings. The quantitative estimate of drug-likeness (QED) is 0.378. The van der Waals surface area contributed by atoms with E-state index in [4.69, 9.17) is 14.0 Å². The molecule has 1 N–H and O–H groups in total. The second kappa shape index (κ2) is 9.53. The van der Waals surface area contributed by atoms with Crippen molar-refractivity contribution in [2.24, 2.45) is 0 Å². The molecule has 0 spiro atoms. The summed E-state index contributed by atoms with van der Waals surface area (Å²) in [6.45, 7) is -0.167. The SMILES string of the molecule is COc1ccc(-c2noc(CN3C(=O)NC(Cc4ccccc4)(c4ccccc4)C3=O)n2)c(OC)c1. The normalized spacial score (nSPS) is 17.2. The number of rotatable bonds is 8. The molecule has 3 amide bonds. The van der Waals surface area contributed by atoms with Gasteiger partial charge in [-0.1, -0.05) is 65.8 Å². The number of benzene rings is 3. The molecular weight excluding hydrogens is 460 g/mol. The van der Waals surface area contributed by atoms with Crippen molar-refractivity contribution in [3.05, 3.63) is 95.9 Å². The number of carbonyl (C=O) groups is 2. The van der Waals surface area contributed by atoms with Crippen LogP contribution in [0.4, 0.5) is 4.79 Å². The van der Waals surface area contributed by atoms with Gasteiger partial charge in [0.15, 0.2) is 5.54 Å². The molecule has 1 saturated heterocycles. The first-order valence-corrected chi connectivity index (χ1v) is 11.3. The number of nitrogens with zero attached hydrogens (tertiary/aromatic N) is 3. The lowest BCUT2D eigenvalue weighted by Gasteiger charge is -2.27. The predicted octanol–water partition coefficient (Wildman–Crippen LogP) is 3.94. The average Bonchev–Trinajstić information content (AvgIpc) is 3.48. The van der Waals surface area contributed by atoms with Crippen LogP contribution in [0.25, 0.3) is 11.4 Å². The van der Waals surface area contributed by atoms with Crippen LogP contribution in [-0.2, 0) is 23.3 Å². The summed E-state index contributed by atoms with van der Waals surface area (Å²) in [5.41, 5.74) is 0.961. The minimum Gasteiger partial charge on any atom is -0.497 e. The number of hydrogen-bond donors (Lipinski definition) is 1. The fraction of sp³-hybridized carbons (Fsp3) is 0.185. The average molecular weight is 485 g/mol. The van der Waals surface area contributed by atoms with E-state index >= 15 is 0 Å². The topological polar surface area (TPSA) is 107 Å². The molecule has 0 saturated carbocycles. The highest BCUT2D eigenvalue weighted by Crippen LogP contribution is 2.35. The lowest BCUT2D eigenvalue weighted by molar-refractivity contribution is -0.132. The van der Waals surface area contributed by atoms with Crippen molar-refractivity contribution in [3.63, 3.8) is 0 Å². The summed E-state index contributed by atoms with van der Waals surface area (Å²) in [6.07, 6.45) is 0.303. The van der Waals surface area contributed by atoms with Gasteiger partial charge in [0.2, 0.25) is 11.7 Å². The highest BCUT2D eigenvalue weighted by molar-refractivity contribution is 6.07. The first-order valence-electron chi connectivity index (χ1n) is 11.3. The van der Waals surface area contributed by atoms with E-state index in [1.54, 1.807) is 25.3 Å². The van der Waals surface area contributed by atoms with Gasteiger partial charge in [-0.05, 0) is 23.3 Å². The molecule has 0 radical (unpaired) electrons. The van der Waals surface area contributed by atoms with E-state index in [0.29, 0.717) is 29.0 Å². The van der Waals surface area contributed by atoms with Crippen LogP contribution in [0.5, 0.6) is 11.5 Å². The Bertz CT molecular complexity index is 1390. The van der Waals surface area contributed by atoms with Crippen LogP contribution < -0.4 is 14.8 Å². The van der Waals surface area contributed by atoms with E-state index < -0.39 is 11.6 Å². The largest absolute Gasteiger partial charge is 0.497 e. The van der Waals surface area contributed by atoms with Crippen LogP contribution in [0.3, 0.4) is 0 Å². The molecule has 1 atom stereocenters. The Balaban J connectivity index is 1.44. The minimum atomic E-state index is -1.25. The van der Waals surface area contributed by atoms with Crippen molar-refractivity contribution in [1.82, 2.24) is 20.4 Å². The Labute approximate surface area is 207 Å². The van der Waals surface area contributed by atoms with Crippen LogP contribution in [0.1, 0.15) is 17.0 Å². The van der Waals surface area contributed by atoms with Gasteiger partial charge in [-0.15, -0.1) is 0 Å². The summed E-state index contributed by atoms with van der Waals surface area (Å²) in [4.78, 5) is 32.4. The number of hydrogen-bond acceptors (Lipinski definition) is 7. The van der Waals surface area contributed by atoms with E-state index in [0.717, 1.165) is 10.5 Å². The molecule has 1 fully saturated rings. The maximum absolute atomic E-state index is 13.8. The molecule has 9 heteroatoms. The highest BCUT2D eigenvalue weighted by atomic mass is 16.5. The monoisotopic (exact) mass is 484 g/mol.